The van der Waals surface area contributed by atoms with E-state index in [0.717, 1.165) is 10.9 Å². The smallest absolute Gasteiger partial charge is 0.0178 e. The second-order valence-corrected chi connectivity index (χ2v) is 6.66. The van der Waals surface area contributed by atoms with E-state index in [1.165, 1.54) is 26.5 Å². The Kier molecular flexibility index (Phi) is 5.08. The van der Waals surface area contributed by atoms with E-state index in [0.29, 0.717) is 6.54 Å². The van der Waals surface area contributed by atoms with Crippen LogP contribution in [0.4, 0.5) is 0 Å². The first-order valence-corrected chi connectivity index (χ1v) is 7.94. The number of hydrogen-bond acceptors (Lipinski definition) is 2. The molecular formula is C16H18BrNS. The zero-order chi connectivity index (χ0) is 13.8. The minimum atomic E-state index is 0.677. The van der Waals surface area contributed by atoms with Crippen molar-refractivity contribution in [2.75, 3.05) is 6.54 Å². The van der Waals surface area contributed by atoms with Gasteiger partial charge in [-0.3, -0.25) is 0 Å². The lowest BCUT2D eigenvalue weighted by Crippen LogP contribution is -2.03. The van der Waals surface area contributed by atoms with Crippen LogP contribution in [0.15, 0.2) is 50.7 Å². The molecule has 0 spiro atoms. The predicted molar refractivity (Wildman–Crippen MR) is 86.9 cm³/mol. The Hall–Kier alpha value is -0.770. The standard InChI is InChI=1S/C16H18BrNS/c1-11-3-5-15(12(2)9-11)19-16-6-4-14(17)10-13(16)7-8-18/h3-6,9-10H,7-8,18H2,1-2H3. The predicted octanol–water partition coefficient (Wildman–Crippen LogP) is 4.72. The molecule has 0 unspecified atom stereocenters. The van der Waals surface area contributed by atoms with Crippen molar-refractivity contribution in [1.29, 1.82) is 0 Å². The molecule has 2 aromatic rings. The van der Waals surface area contributed by atoms with Crippen molar-refractivity contribution in [2.45, 2.75) is 30.1 Å². The molecule has 2 aromatic carbocycles. The van der Waals surface area contributed by atoms with Crippen LogP contribution in [0.2, 0.25) is 0 Å². The number of nitrogens with two attached hydrogens (primary N) is 1. The summed E-state index contributed by atoms with van der Waals surface area (Å²) >= 11 is 5.35. The molecule has 100 valence electrons. The molecule has 0 amide bonds. The molecule has 0 aromatic heterocycles. The Morgan fingerprint density at radius 1 is 1.05 bits per heavy atom. The van der Waals surface area contributed by atoms with Crippen molar-refractivity contribution in [1.82, 2.24) is 0 Å². The highest BCUT2D eigenvalue weighted by atomic mass is 79.9. The van der Waals surface area contributed by atoms with E-state index in [4.69, 9.17) is 5.73 Å². The quantitative estimate of drug-likeness (QED) is 0.874. The topological polar surface area (TPSA) is 26.0 Å². The lowest BCUT2D eigenvalue weighted by atomic mass is 10.1. The molecule has 0 atom stereocenters. The molecule has 0 heterocycles. The first kappa shape index (κ1) is 14.6. The molecule has 0 fully saturated rings. The van der Waals surface area contributed by atoms with Gasteiger partial charge in [-0.1, -0.05) is 45.4 Å². The zero-order valence-corrected chi connectivity index (χ0v) is 13.6. The van der Waals surface area contributed by atoms with Crippen LogP contribution in [-0.4, -0.2) is 6.54 Å². The Bertz CT molecular complexity index is 581. The molecule has 0 aliphatic rings. The van der Waals surface area contributed by atoms with Crippen LogP contribution < -0.4 is 5.73 Å². The first-order valence-electron chi connectivity index (χ1n) is 6.34. The average molecular weight is 336 g/mol. The fourth-order valence-corrected chi connectivity index (χ4v) is 3.46. The lowest BCUT2D eigenvalue weighted by molar-refractivity contribution is 0.943. The maximum Gasteiger partial charge on any atom is 0.0178 e. The van der Waals surface area contributed by atoms with E-state index in [9.17, 15) is 0 Å². The van der Waals surface area contributed by atoms with Crippen molar-refractivity contribution in [3.05, 3.63) is 57.6 Å². The van der Waals surface area contributed by atoms with E-state index in [2.05, 4.69) is 66.2 Å². The minimum Gasteiger partial charge on any atom is -0.330 e. The van der Waals surface area contributed by atoms with Gasteiger partial charge >= 0.3 is 0 Å². The normalized spacial score (nSPS) is 10.7. The third kappa shape index (κ3) is 3.85. The van der Waals surface area contributed by atoms with E-state index in [1.54, 1.807) is 0 Å². The molecule has 0 aliphatic heterocycles. The summed E-state index contributed by atoms with van der Waals surface area (Å²) in [7, 11) is 0. The number of aryl methyl sites for hydroxylation is 2. The molecule has 0 bridgehead atoms. The highest BCUT2D eigenvalue weighted by molar-refractivity contribution is 9.10. The molecule has 0 saturated carbocycles. The number of halogens is 1. The largest absolute Gasteiger partial charge is 0.330 e. The van der Waals surface area contributed by atoms with Gasteiger partial charge in [0.25, 0.3) is 0 Å². The molecule has 0 saturated heterocycles. The van der Waals surface area contributed by atoms with Crippen LogP contribution in [0.3, 0.4) is 0 Å². The van der Waals surface area contributed by atoms with Crippen molar-refractivity contribution in [3.63, 3.8) is 0 Å². The highest BCUT2D eigenvalue weighted by Crippen LogP contribution is 2.34. The van der Waals surface area contributed by atoms with Crippen molar-refractivity contribution in [2.24, 2.45) is 5.73 Å². The monoisotopic (exact) mass is 335 g/mol. The van der Waals surface area contributed by atoms with Crippen LogP contribution in [0, 0.1) is 13.8 Å². The summed E-state index contributed by atoms with van der Waals surface area (Å²) in [6.45, 7) is 4.97. The van der Waals surface area contributed by atoms with E-state index in [-0.39, 0.29) is 0 Å². The summed E-state index contributed by atoms with van der Waals surface area (Å²) in [6.07, 6.45) is 0.909. The zero-order valence-electron chi connectivity index (χ0n) is 11.2. The Morgan fingerprint density at radius 2 is 1.79 bits per heavy atom. The summed E-state index contributed by atoms with van der Waals surface area (Å²) in [5.41, 5.74) is 9.64. The van der Waals surface area contributed by atoms with Gasteiger partial charge in [0.05, 0.1) is 0 Å². The average Bonchev–Trinajstić information content (AvgIpc) is 2.36. The highest BCUT2D eigenvalue weighted by Gasteiger charge is 2.07. The molecule has 0 aliphatic carbocycles. The van der Waals surface area contributed by atoms with Crippen molar-refractivity contribution in [3.8, 4) is 0 Å². The number of rotatable bonds is 4. The van der Waals surface area contributed by atoms with Crippen molar-refractivity contribution >= 4 is 27.7 Å². The number of hydrogen-bond donors (Lipinski definition) is 1. The number of benzene rings is 2. The van der Waals surface area contributed by atoms with Gasteiger partial charge in [-0.2, -0.15) is 0 Å². The Morgan fingerprint density at radius 3 is 2.47 bits per heavy atom. The molecule has 1 nitrogen and oxygen atoms in total. The maximum absolute atomic E-state index is 5.70. The van der Waals surface area contributed by atoms with E-state index in [1.807, 2.05) is 11.8 Å². The van der Waals surface area contributed by atoms with Gasteiger partial charge < -0.3 is 5.73 Å². The summed E-state index contributed by atoms with van der Waals surface area (Å²) in [5, 5.41) is 0. The van der Waals surface area contributed by atoms with Gasteiger partial charge in [-0.25, -0.2) is 0 Å². The Labute approximate surface area is 127 Å². The summed E-state index contributed by atoms with van der Waals surface area (Å²) < 4.78 is 1.11. The maximum atomic E-state index is 5.70. The SMILES string of the molecule is Cc1ccc(Sc2ccc(Br)cc2CCN)c(C)c1. The molecule has 2 N–H and O–H groups in total. The fourth-order valence-electron chi connectivity index (χ4n) is 2.03. The molecule has 3 heteroatoms. The second kappa shape index (κ2) is 6.60. The minimum absolute atomic E-state index is 0.677. The van der Waals surface area contributed by atoms with Crippen LogP contribution in [0.5, 0.6) is 0 Å². The summed E-state index contributed by atoms with van der Waals surface area (Å²) in [4.78, 5) is 2.60. The van der Waals surface area contributed by atoms with Gasteiger partial charge in [0.1, 0.15) is 0 Å². The van der Waals surface area contributed by atoms with Gasteiger partial charge in [-0.05, 0) is 62.2 Å². The van der Waals surface area contributed by atoms with E-state index >= 15 is 0 Å². The van der Waals surface area contributed by atoms with Crippen LogP contribution in [0.25, 0.3) is 0 Å². The van der Waals surface area contributed by atoms with Crippen LogP contribution in [-0.2, 0) is 6.42 Å². The van der Waals surface area contributed by atoms with Gasteiger partial charge in [-0.15, -0.1) is 0 Å². The van der Waals surface area contributed by atoms with Crippen LogP contribution in [0.1, 0.15) is 16.7 Å². The Balaban J connectivity index is 2.32. The lowest BCUT2D eigenvalue weighted by Gasteiger charge is -2.11. The summed E-state index contributed by atoms with van der Waals surface area (Å²) in [6, 6.07) is 13.0. The molecule has 19 heavy (non-hydrogen) atoms. The van der Waals surface area contributed by atoms with Gasteiger partial charge in [0.15, 0.2) is 0 Å². The second-order valence-electron chi connectivity index (χ2n) is 4.66. The van der Waals surface area contributed by atoms with Crippen molar-refractivity contribution < 1.29 is 0 Å². The molecule has 0 radical (unpaired) electrons. The van der Waals surface area contributed by atoms with Gasteiger partial charge in [0.2, 0.25) is 0 Å². The third-order valence-corrected chi connectivity index (χ3v) is 4.78. The van der Waals surface area contributed by atoms with Crippen LogP contribution >= 0.6 is 27.7 Å². The third-order valence-electron chi connectivity index (χ3n) is 2.99. The fraction of sp³-hybridized carbons (Fsp3) is 0.250. The molecular weight excluding hydrogens is 318 g/mol. The summed E-state index contributed by atoms with van der Waals surface area (Å²) in [5.74, 6) is 0. The van der Waals surface area contributed by atoms with E-state index < -0.39 is 0 Å². The van der Waals surface area contributed by atoms with Gasteiger partial charge in [0, 0.05) is 14.3 Å². The molecule has 2 rings (SSSR count). The first-order chi connectivity index (χ1) is 9.10.